The number of pyridine rings is 1. The lowest BCUT2D eigenvalue weighted by Crippen LogP contribution is -1.73. The monoisotopic (exact) mass is 163 g/mol. The molecule has 12 heavy (non-hydrogen) atoms. The Morgan fingerprint density at radius 1 is 1.33 bits per heavy atom. The molecule has 0 aromatic carbocycles. The van der Waals surface area contributed by atoms with Gasteiger partial charge in [-0.3, -0.25) is 4.98 Å². The second kappa shape index (κ2) is 7.99. The molecule has 0 fully saturated rings. The first-order valence-corrected chi connectivity index (χ1v) is 4.38. The highest BCUT2D eigenvalue weighted by molar-refractivity contribution is 5.40. The third kappa shape index (κ3) is 5.66. The molecule has 0 unspecified atom stereocenters. The highest BCUT2D eigenvalue weighted by atomic mass is 14.6. The normalized spacial score (nSPS) is 8.17. The molecule has 0 amide bonds. The molecule has 1 rings (SSSR count). The van der Waals surface area contributed by atoms with Gasteiger partial charge in [0.05, 0.1) is 5.69 Å². The van der Waals surface area contributed by atoms with Crippen LogP contribution in [-0.4, -0.2) is 4.98 Å². The van der Waals surface area contributed by atoms with E-state index in [1.54, 1.807) is 12.3 Å². The second-order valence-electron chi connectivity index (χ2n) is 2.46. The van der Waals surface area contributed by atoms with E-state index in [0.717, 1.165) is 5.69 Å². The zero-order valence-corrected chi connectivity index (χ0v) is 7.96. The third-order valence-electron chi connectivity index (χ3n) is 1.40. The van der Waals surface area contributed by atoms with Crippen molar-refractivity contribution < 1.29 is 0 Å². The van der Waals surface area contributed by atoms with Crippen LogP contribution in [0.5, 0.6) is 0 Å². The molecule has 0 bridgehead atoms. The van der Waals surface area contributed by atoms with Crippen molar-refractivity contribution in [1.29, 1.82) is 0 Å². The molecule has 1 nitrogen and oxygen atoms in total. The minimum atomic E-state index is 0.924. The molecule has 1 heterocycles. The predicted molar refractivity (Wildman–Crippen MR) is 54.9 cm³/mol. The highest BCUT2D eigenvalue weighted by Gasteiger charge is 1.77. The van der Waals surface area contributed by atoms with Crippen molar-refractivity contribution in [3.05, 3.63) is 36.7 Å². The number of nitrogens with zero attached hydrogens (tertiary/aromatic N) is 1. The van der Waals surface area contributed by atoms with Crippen molar-refractivity contribution in [1.82, 2.24) is 4.98 Å². The summed E-state index contributed by atoms with van der Waals surface area (Å²) >= 11 is 0. The van der Waals surface area contributed by atoms with Crippen molar-refractivity contribution in [2.45, 2.75) is 26.7 Å². The van der Waals surface area contributed by atoms with Crippen LogP contribution in [0.4, 0.5) is 0 Å². The van der Waals surface area contributed by atoms with Crippen molar-refractivity contribution in [2.75, 3.05) is 0 Å². The summed E-state index contributed by atoms with van der Waals surface area (Å²) in [7, 11) is 0. The maximum atomic E-state index is 3.98. The molecule has 66 valence electrons. The molecule has 0 aliphatic rings. The number of aromatic nitrogens is 1. The number of hydrogen-bond donors (Lipinski definition) is 0. The van der Waals surface area contributed by atoms with Crippen LogP contribution in [0.1, 0.15) is 32.4 Å². The van der Waals surface area contributed by atoms with Gasteiger partial charge < -0.3 is 0 Å². The predicted octanol–water partition coefficient (Wildman–Crippen LogP) is 3.53. The SMILES string of the molecule is C=Cc1ccccn1.CCCC. The van der Waals surface area contributed by atoms with Gasteiger partial charge in [0.1, 0.15) is 0 Å². The molecule has 0 N–H and O–H groups in total. The molecule has 0 saturated carbocycles. The molecular formula is C11H17N. The Morgan fingerprint density at radius 2 is 2.00 bits per heavy atom. The molecule has 0 atom stereocenters. The smallest absolute Gasteiger partial charge is 0.0623 e. The summed E-state index contributed by atoms with van der Waals surface area (Å²) in [5.74, 6) is 0. The molecule has 0 aliphatic carbocycles. The van der Waals surface area contributed by atoms with Crippen LogP contribution in [0, 0.1) is 0 Å². The lowest BCUT2D eigenvalue weighted by atomic mass is 10.4. The number of hydrogen-bond acceptors (Lipinski definition) is 1. The van der Waals surface area contributed by atoms with Gasteiger partial charge in [-0.15, -0.1) is 0 Å². The van der Waals surface area contributed by atoms with Gasteiger partial charge in [0.15, 0.2) is 0 Å². The molecule has 1 aromatic heterocycles. The summed E-state index contributed by atoms with van der Waals surface area (Å²) in [5.41, 5.74) is 0.924. The van der Waals surface area contributed by atoms with E-state index in [4.69, 9.17) is 0 Å². The van der Waals surface area contributed by atoms with E-state index in [-0.39, 0.29) is 0 Å². The van der Waals surface area contributed by atoms with E-state index in [0.29, 0.717) is 0 Å². The van der Waals surface area contributed by atoms with Crippen LogP contribution in [0.25, 0.3) is 6.08 Å². The summed E-state index contributed by atoms with van der Waals surface area (Å²) < 4.78 is 0. The van der Waals surface area contributed by atoms with E-state index >= 15 is 0 Å². The first-order valence-electron chi connectivity index (χ1n) is 4.38. The Labute approximate surface area is 75.2 Å². The molecule has 0 radical (unpaired) electrons. The van der Waals surface area contributed by atoms with Gasteiger partial charge in [0.25, 0.3) is 0 Å². The van der Waals surface area contributed by atoms with Gasteiger partial charge >= 0.3 is 0 Å². The molecular weight excluding hydrogens is 146 g/mol. The molecule has 1 aromatic rings. The zero-order valence-electron chi connectivity index (χ0n) is 7.96. The Morgan fingerprint density at radius 3 is 2.25 bits per heavy atom. The average Bonchev–Trinajstić information content (AvgIpc) is 2.19. The lowest BCUT2D eigenvalue weighted by molar-refractivity contribution is 0.886. The van der Waals surface area contributed by atoms with Crippen molar-refractivity contribution in [3.8, 4) is 0 Å². The van der Waals surface area contributed by atoms with Gasteiger partial charge in [-0.1, -0.05) is 39.3 Å². The Kier molecular flexibility index (Phi) is 7.25. The maximum Gasteiger partial charge on any atom is 0.0623 e. The fourth-order valence-electron chi connectivity index (χ4n) is 0.497. The number of rotatable bonds is 2. The molecule has 1 heteroatoms. The van der Waals surface area contributed by atoms with Crippen molar-refractivity contribution >= 4 is 6.08 Å². The second-order valence-corrected chi connectivity index (χ2v) is 2.46. The van der Waals surface area contributed by atoms with Gasteiger partial charge in [-0.2, -0.15) is 0 Å². The van der Waals surface area contributed by atoms with E-state index in [1.807, 2.05) is 18.2 Å². The lowest BCUT2D eigenvalue weighted by Gasteiger charge is -1.84. The molecule has 0 spiro atoms. The summed E-state index contributed by atoms with van der Waals surface area (Å²) in [5, 5.41) is 0. The van der Waals surface area contributed by atoms with Crippen LogP contribution in [0.2, 0.25) is 0 Å². The van der Waals surface area contributed by atoms with Gasteiger partial charge in [-0.25, -0.2) is 0 Å². The number of unbranched alkanes of at least 4 members (excludes halogenated alkanes) is 1. The summed E-state index contributed by atoms with van der Waals surface area (Å²) in [4.78, 5) is 3.98. The first kappa shape index (κ1) is 10.9. The summed E-state index contributed by atoms with van der Waals surface area (Å²) in [6.45, 7) is 7.93. The van der Waals surface area contributed by atoms with E-state index in [1.165, 1.54) is 12.8 Å². The minimum absolute atomic E-state index is 0.924. The van der Waals surface area contributed by atoms with Crippen LogP contribution >= 0.6 is 0 Å². The average molecular weight is 163 g/mol. The minimum Gasteiger partial charge on any atom is -0.257 e. The maximum absolute atomic E-state index is 3.98. The topological polar surface area (TPSA) is 12.9 Å². The van der Waals surface area contributed by atoms with Crippen LogP contribution in [-0.2, 0) is 0 Å². The van der Waals surface area contributed by atoms with Gasteiger partial charge in [0.2, 0.25) is 0 Å². The van der Waals surface area contributed by atoms with E-state index < -0.39 is 0 Å². The Balaban J connectivity index is 0.000000261. The van der Waals surface area contributed by atoms with Crippen LogP contribution < -0.4 is 0 Å². The zero-order chi connectivity index (χ0) is 9.23. The standard InChI is InChI=1S/C7H7N.C4H10/c1-2-7-5-3-4-6-8-7;1-3-4-2/h2-6H,1H2;3-4H2,1-2H3. The van der Waals surface area contributed by atoms with Gasteiger partial charge in [-0.05, 0) is 18.2 Å². The van der Waals surface area contributed by atoms with E-state index in [2.05, 4.69) is 25.4 Å². The summed E-state index contributed by atoms with van der Waals surface area (Å²) in [6.07, 6.45) is 6.11. The Bertz CT molecular complexity index is 189. The fraction of sp³-hybridized carbons (Fsp3) is 0.364. The van der Waals surface area contributed by atoms with E-state index in [9.17, 15) is 0 Å². The van der Waals surface area contributed by atoms with Crippen LogP contribution in [0.15, 0.2) is 31.0 Å². The van der Waals surface area contributed by atoms with Crippen molar-refractivity contribution in [2.24, 2.45) is 0 Å². The molecule has 0 aliphatic heterocycles. The fourth-order valence-corrected chi connectivity index (χ4v) is 0.497. The third-order valence-corrected chi connectivity index (χ3v) is 1.40. The molecule has 0 saturated heterocycles. The highest BCUT2D eigenvalue weighted by Crippen LogP contribution is 1.91. The van der Waals surface area contributed by atoms with Crippen molar-refractivity contribution in [3.63, 3.8) is 0 Å². The largest absolute Gasteiger partial charge is 0.257 e. The first-order chi connectivity index (χ1) is 5.85. The van der Waals surface area contributed by atoms with Gasteiger partial charge in [0, 0.05) is 6.20 Å². The Hall–Kier alpha value is -1.11. The summed E-state index contributed by atoms with van der Waals surface area (Å²) in [6, 6.07) is 5.73. The van der Waals surface area contributed by atoms with Crippen LogP contribution in [0.3, 0.4) is 0 Å². The quantitative estimate of drug-likeness (QED) is 0.650.